The highest BCUT2D eigenvalue weighted by Crippen LogP contribution is 2.23. The molecule has 0 saturated carbocycles. The van der Waals surface area contributed by atoms with E-state index >= 15 is 0 Å². The maximum Gasteiger partial charge on any atom is 0.414 e. The number of nitrogens with zero attached hydrogens (tertiary/aromatic N) is 3. The number of nitrogens with one attached hydrogen (secondary N) is 1. The van der Waals surface area contributed by atoms with Crippen LogP contribution in [0.1, 0.15) is 0 Å². The van der Waals surface area contributed by atoms with Crippen LogP contribution in [0.25, 0.3) is 11.3 Å². The second-order valence-electron chi connectivity index (χ2n) is 5.13. The summed E-state index contributed by atoms with van der Waals surface area (Å²) < 4.78 is 9.70. The van der Waals surface area contributed by atoms with Crippen molar-refractivity contribution >= 4 is 17.9 Å². The molecule has 1 fully saturated rings. The zero-order chi connectivity index (χ0) is 16.9. The van der Waals surface area contributed by atoms with Crippen LogP contribution in [0.2, 0.25) is 0 Å². The van der Waals surface area contributed by atoms with Crippen LogP contribution in [0.3, 0.4) is 0 Å². The minimum Gasteiger partial charge on any atom is -0.453 e. The van der Waals surface area contributed by atoms with Crippen molar-refractivity contribution in [2.45, 2.75) is 6.10 Å². The molecule has 124 valence electrons. The van der Waals surface area contributed by atoms with E-state index in [1.54, 1.807) is 24.7 Å². The van der Waals surface area contributed by atoms with Gasteiger partial charge in [-0.05, 0) is 24.3 Å². The summed E-state index contributed by atoms with van der Waals surface area (Å²) in [4.78, 5) is 32.9. The van der Waals surface area contributed by atoms with Gasteiger partial charge in [-0.3, -0.25) is 14.9 Å². The van der Waals surface area contributed by atoms with Gasteiger partial charge in [0.1, 0.15) is 6.10 Å². The lowest BCUT2D eigenvalue weighted by atomic mass is 10.2. The van der Waals surface area contributed by atoms with Crippen molar-refractivity contribution in [1.82, 2.24) is 15.3 Å². The molecule has 0 unspecified atom stereocenters. The molecule has 1 aliphatic heterocycles. The highest BCUT2D eigenvalue weighted by molar-refractivity contribution is 5.89. The monoisotopic (exact) mass is 328 g/mol. The Morgan fingerprint density at radius 2 is 2.29 bits per heavy atom. The number of aromatic nitrogens is 2. The van der Waals surface area contributed by atoms with Gasteiger partial charge in [-0.15, -0.1) is 0 Å². The molecule has 0 radical (unpaired) electrons. The van der Waals surface area contributed by atoms with Crippen LogP contribution in [0, 0.1) is 0 Å². The van der Waals surface area contributed by atoms with E-state index in [2.05, 4.69) is 20.0 Å². The molecule has 1 aliphatic rings. The number of cyclic esters (lactones) is 1. The topological polar surface area (TPSA) is 93.6 Å². The Balaban J connectivity index is 1.66. The summed E-state index contributed by atoms with van der Waals surface area (Å²) in [5, 5.41) is 2.51. The summed E-state index contributed by atoms with van der Waals surface area (Å²) in [5.41, 5.74) is 2.30. The zero-order valence-corrected chi connectivity index (χ0v) is 13.0. The Hall–Kier alpha value is -3.16. The molecule has 1 atom stereocenters. The van der Waals surface area contributed by atoms with Gasteiger partial charge in [-0.25, -0.2) is 9.59 Å². The van der Waals surface area contributed by atoms with Gasteiger partial charge in [0.05, 0.1) is 37.8 Å². The maximum atomic E-state index is 12.0. The molecule has 0 aliphatic carbocycles. The van der Waals surface area contributed by atoms with Crippen LogP contribution in [0.15, 0.2) is 42.9 Å². The van der Waals surface area contributed by atoms with Crippen molar-refractivity contribution in [3.8, 4) is 11.3 Å². The first-order valence-electron chi connectivity index (χ1n) is 7.34. The lowest BCUT2D eigenvalue weighted by Crippen LogP contribution is -2.34. The van der Waals surface area contributed by atoms with E-state index in [-0.39, 0.29) is 6.54 Å². The van der Waals surface area contributed by atoms with Crippen molar-refractivity contribution in [2.75, 3.05) is 25.1 Å². The van der Waals surface area contributed by atoms with E-state index in [0.717, 1.165) is 11.3 Å². The normalized spacial score (nSPS) is 16.6. The summed E-state index contributed by atoms with van der Waals surface area (Å²) in [6.45, 7) is 0.521. The number of carbonyl (C=O) groups is 2. The molecular weight excluding hydrogens is 312 g/mol. The SMILES string of the molecule is COC(=O)NC[C@H]1CN(c2ccc(-c3cccnc3)nc2)C(=O)O1. The van der Waals surface area contributed by atoms with Crippen molar-refractivity contribution in [2.24, 2.45) is 0 Å². The molecule has 3 heterocycles. The largest absolute Gasteiger partial charge is 0.453 e. The molecule has 8 nitrogen and oxygen atoms in total. The summed E-state index contributed by atoms with van der Waals surface area (Å²) >= 11 is 0. The van der Waals surface area contributed by atoms with Crippen molar-refractivity contribution in [3.63, 3.8) is 0 Å². The number of rotatable bonds is 4. The van der Waals surface area contributed by atoms with Crippen LogP contribution in [-0.2, 0) is 9.47 Å². The first-order chi connectivity index (χ1) is 11.7. The lowest BCUT2D eigenvalue weighted by molar-refractivity contribution is 0.132. The van der Waals surface area contributed by atoms with Crippen LogP contribution < -0.4 is 10.2 Å². The summed E-state index contributed by atoms with van der Waals surface area (Å²) in [6.07, 6.45) is 3.56. The van der Waals surface area contributed by atoms with E-state index in [4.69, 9.17) is 4.74 Å². The molecular formula is C16H16N4O4. The molecule has 2 aromatic heterocycles. The van der Waals surface area contributed by atoms with E-state index in [1.165, 1.54) is 12.0 Å². The number of amides is 2. The van der Waals surface area contributed by atoms with Gasteiger partial charge in [-0.1, -0.05) is 0 Å². The fraction of sp³-hybridized carbons (Fsp3) is 0.250. The number of pyridine rings is 2. The molecule has 1 saturated heterocycles. The van der Waals surface area contributed by atoms with Gasteiger partial charge in [0.25, 0.3) is 0 Å². The number of hydrogen-bond donors (Lipinski definition) is 1. The Labute approximate surface area is 138 Å². The summed E-state index contributed by atoms with van der Waals surface area (Å²) in [6, 6.07) is 7.36. The minimum atomic E-state index is -0.563. The third-order valence-electron chi connectivity index (χ3n) is 3.55. The Bertz CT molecular complexity index is 721. The lowest BCUT2D eigenvalue weighted by Gasteiger charge is -2.13. The molecule has 1 N–H and O–H groups in total. The molecule has 0 aromatic carbocycles. The molecule has 8 heteroatoms. The standard InChI is InChI=1S/C16H16N4O4/c1-23-15(21)19-9-13-10-20(16(22)24-13)12-4-5-14(18-8-12)11-3-2-6-17-7-11/h2-8,13H,9-10H2,1H3,(H,19,21)/t13-/m0/s1. The number of carbonyl (C=O) groups excluding carboxylic acids is 2. The van der Waals surface area contributed by atoms with Crippen LogP contribution >= 0.6 is 0 Å². The molecule has 0 bridgehead atoms. The smallest absolute Gasteiger partial charge is 0.414 e. The maximum absolute atomic E-state index is 12.0. The van der Waals surface area contributed by atoms with Gasteiger partial charge < -0.3 is 14.8 Å². The van der Waals surface area contributed by atoms with Crippen LogP contribution in [0.5, 0.6) is 0 Å². The molecule has 24 heavy (non-hydrogen) atoms. The predicted octanol–water partition coefficient (Wildman–Crippen LogP) is 1.82. The summed E-state index contributed by atoms with van der Waals surface area (Å²) in [7, 11) is 1.28. The van der Waals surface area contributed by atoms with Crippen molar-refractivity contribution in [1.29, 1.82) is 0 Å². The third kappa shape index (κ3) is 3.43. The second kappa shape index (κ2) is 6.95. The Kier molecular flexibility index (Phi) is 4.55. The average molecular weight is 328 g/mol. The van der Waals surface area contributed by atoms with E-state index < -0.39 is 18.3 Å². The number of anilines is 1. The quantitative estimate of drug-likeness (QED) is 0.920. The predicted molar refractivity (Wildman–Crippen MR) is 85.5 cm³/mol. The first kappa shape index (κ1) is 15.7. The number of alkyl carbamates (subject to hydrolysis) is 1. The van der Waals surface area contributed by atoms with E-state index in [0.29, 0.717) is 12.2 Å². The summed E-state index contributed by atoms with van der Waals surface area (Å²) in [5.74, 6) is 0. The first-order valence-corrected chi connectivity index (χ1v) is 7.34. The van der Waals surface area contributed by atoms with Gasteiger partial charge in [0, 0.05) is 18.0 Å². The Morgan fingerprint density at radius 3 is 2.96 bits per heavy atom. The zero-order valence-electron chi connectivity index (χ0n) is 13.0. The van der Waals surface area contributed by atoms with E-state index in [1.807, 2.05) is 18.2 Å². The fourth-order valence-electron chi connectivity index (χ4n) is 2.34. The van der Waals surface area contributed by atoms with Gasteiger partial charge >= 0.3 is 12.2 Å². The van der Waals surface area contributed by atoms with Crippen LogP contribution in [-0.4, -0.2) is 48.5 Å². The van der Waals surface area contributed by atoms with Gasteiger partial charge in [0.15, 0.2) is 0 Å². The second-order valence-corrected chi connectivity index (χ2v) is 5.13. The highest BCUT2D eigenvalue weighted by atomic mass is 16.6. The van der Waals surface area contributed by atoms with Gasteiger partial charge in [-0.2, -0.15) is 0 Å². The minimum absolute atomic E-state index is 0.191. The number of methoxy groups -OCH3 is 1. The van der Waals surface area contributed by atoms with Crippen molar-refractivity contribution in [3.05, 3.63) is 42.9 Å². The van der Waals surface area contributed by atoms with E-state index in [9.17, 15) is 9.59 Å². The highest BCUT2D eigenvalue weighted by Gasteiger charge is 2.32. The number of hydrogen-bond acceptors (Lipinski definition) is 6. The molecule has 2 amide bonds. The molecule has 2 aromatic rings. The number of ether oxygens (including phenoxy) is 2. The Morgan fingerprint density at radius 1 is 1.42 bits per heavy atom. The van der Waals surface area contributed by atoms with Crippen molar-refractivity contribution < 1.29 is 19.1 Å². The third-order valence-corrected chi connectivity index (χ3v) is 3.55. The fourth-order valence-corrected chi connectivity index (χ4v) is 2.34. The molecule has 0 spiro atoms. The molecule has 3 rings (SSSR count). The van der Waals surface area contributed by atoms with Gasteiger partial charge in [0.2, 0.25) is 0 Å². The average Bonchev–Trinajstić information content (AvgIpc) is 3.01. The van der Waals surface area contributed by atoms with Crippen LogP contribution in [0.4, 0.5) is 15.3 Å².